The van der Waals surface area contributed by atoms with Crippen molar-refractivity contribution in [3.8, 4) is 17.0 Å². The number of fused-ring (bicyclic) bond motifs is 1. The average Bonchev–Trinajstić information content (AvgIpc) is 2.81. The van der Waals surface area contributed by atoms with E-state index in [1.165, 1.54) is 0 Å². The van der Waals surface area contributed by atoms with Gasteiger partial charge in [0, 0.05) is 24.2 Å². The fourth-order valence-electron chi connectivity index (χ4n) is 1.83. The molecule has 0 aliphatic carbocycles. The molecule has 0 aliphatic rings. The summed E-state index contributed by atoms with van der Waals surface area (Å²) in [7, 11) is -3.50. The standard InChI is InChI=1S/C13H11N3O3S/c1-20(17,18)19-11-5-3-10(4-6-11)12-9-16-8-2-7-14-13(16)15-12/h2-9H,1H3. The van der Waals surface area contributed by atoms with Crippen LogP contribution in [0.25, 0.3) is 17.0 Å². The van der Waals surface area contributed by atoms with Crippen LogP contribution in [0, 0.1) is 0 Å². The van der Waals surface area contributed by atoms with Crippen LogP contribution in [0.2, 0.25) is 0 Å². The maximum Gasteiger partial charge on any atom is 0.306 e. The van der Waals surface area contributed by atoms with Gasteiger partial charge in [-0.2, -0.15) is 8.42 Å². The van der Waals surface area contributed by atoms with Crippen LogP contribution in [-0.2, 0) is 10.1 Å². The molecule has 1 aromatic carbocycles. The lowest BCUT2D eigenvalue weighted by atomic mass is 10.2. The normalized spacial score (nSPS) is 11.7. The SMILES string of the molecule is CS(=O)(=O)Oc1ccc(-c2cn3cccnc3n2)cc1. The molecule has 0 aliphatic heterocycles. The molecule has 0 unspecified atom stereocenters. The quantitative estimate of drug-likeness (QED) is 0.687. The molecule has 0 saturated carbocycles. The Bertz CT molecular complexity index is 821. The van der Waals surface area contributed by atoms with Gasteiger partial charge in [-0.3, -0.25) is 4.40 Å². The molecular formula is C13H11N3O3S. The molecule has 0 radical (unpaired) electrons. The van der Waals surface area contributed by atoms with Gasteiger partial charge in [0.1, 0.15) is 5.75 Å². The van der Waals surface area contributed by atoms with Crippen molar-refractivity contribution in [2.24, 2.45) is 0 Å². The monoisotopic (exact) mass is 289 g/mol. The predicted octanol–water partition coefficient (Wildman–Crippen LogP) is 1.73. The van der Waals surface area contributed by atoms with Gasteiger partial charge in [-0.25, -0.2) is 9.97 Å². The smallest absolute Gasteiger partial charge is 0.306 e. The molecule has 102 valence electrons. The second-order valence-corrected chi connectivity index (χ2v) is 5.84. The van der Waals surface area contributed by atoms with Crippen molar-refractivity contribution in [2.45, 2.75) is 0 Å². The van der Waals surface area contributed by atoms with Crippen LogP contribution in [-0.4, -0.2) is 29.0 Å². The molecule has 2 aromatic heterocycles. The first-order chi connectivity index (χ1) is 9.51. The van der Waals surface area contributed by atoms with Crippen molar-refractivity contribution in [1.29, 1.82) is 0 Å². The number of imidazole rings is 1. The molecule has 6 nitrogen and oxygen atoms in total. The Morgan fingerprint density at radius 3 is 2.60 bits per heavy atom. The van der Waals surface area contributed by atoms with Crippen molar-refractivity contribution in [2.75, 3.05) is 6.26 Å². The van der Waals surface area contributed by atoms with Gasteiger partial charge >= 0.3 is 10.1 Å². The van der Waals surface area contributed by atoms with Crippen LogP contribution in [0.5, 0.6) is 5.75 Å². The highest BCUT2D eigenvalue weighted by molar-refractivity contribution is 7.86. The molecule has 0 fully saturated rings. The summed E-state index contributed by atoms with van der Waals surface area (Å²) in [5, 5.41) is 0. The topological polar surface area (TPSA) is 73.6 Å². The Morgan fingerprint density at radius 2 is 1.95 bits per heavy atom. The Kier molecular flexibility index (Phi) is 2.90. The molecule has 3 aromatic rings. The summed E-state index contributed by atoms with van der Waals surface area (Å²) in [6.45, 7) is 0. The summed E-state index contributed by atoms with van der Waals surface area (Å²) in [5.41, 5.74) is 1.62. The first-order valence-corrected chi connectivity index (χ1v) is 7.62. The third-order valence-corrected chi connectivity index (χ3v) is 3.13. The van der Waals surface area contributed by atoms with Gasteiger partial charge in [0.25, 0.3) is 0 Å². The summed E-state index contributed by atoms with van der Waals surface area (Å²) in [5.74, 6) is 0.886. The summed E-state index contributed by atoms with van der Waals surface area (Å²) in [6.07, 6.45) is 6.40. The Labute approximate surface area is 115 Å². The fraction of sp³-hybridized carbons (Fsp3) is 0.0769. The fourth-order valence-corrected chi connectivity index (χ4v) is 2.29. The molecule has 0 spiro atoms. The highest BCUT2D eigenvalue weighted by Crippen LogP contribution is 2.22. The van der Waals surface area contributed by atoms with Gasteiger partial charge in [0.2, 0.25) is 5.78 Å². The maximum absolute atomic E-state index is 11.0. The van der Waals surface area contributed by atoms with Crippen molar-refractivity contribution in [3.63, 3.8) is 0 Å². The zero-order valence-electron chi connectivity index (χ0n) is 10.6. The van der Waals surface area contributed by atoms with E-state index in [9.17, 15) is 8.42 Å². The van der Waals surface area contributed by atoms with E-state index >= 15 is 0 Å². The number of nitrogens with zero attached hydrogens (tertiary/aromatic N) is 3. The third-order valence-electron chi connectivity index (χ3n) is 2.63. The highest BCUT2D eigenvalue weighted by Gasteiger charge is 2.07. The number of hydrogen-bond donors (Lipinski definition) is 0. The van der Waals surface area contributed by atoms with Crippen molar-refractivity contribution < 1.29 is 12.6 Å². The van der Waals surface area contributed by atoms with E-state index in [4.69, 9.17) is 4.18 Å². The van der Waals surface area contributed by atoms with Crippen LogP contribution in [0.1, 0.15) is 0 Å². The van der Waals surface area contributed by atoms with E-state index in [1.54, 1.807) is 30.5 Å². The van der Waals surface area contributed by atoms with Crippen molar-refractivity contribution in [1.82, 2.24) is 14.4 Å². The summed E-state index contributed by atoms with van der Waals surface area (Å²) >= 11 is 0. The molecule has 0 bridgehead atoms. The number of hydrogen-bond acceptors (Lipinski definition) is 5. The zero-order valence-corrected chi connectivity index (χ0v) is 11.4. The largest absolute Gasteiger partial charge is 0.383 e. The lowest BCUT2D eigenvalue weighted by molar-refractivity contribution is 0.493. The Hall–Kier alpha value is -2.41. The van der Waals surface area contributed by atoms with E-state index in [1.807, 2.05) is 22.9 Å². The van der Waals surface area contributed by atoms with E-state index in [0.717, 1.165) is 17.5 Å². The molecule has 2 heterocycles. The minimum Gasteiger partial charge on any atom is -0.383 e. The minimum atomic E-state index is -3.50. The lowest BCUT2D eigenvalue weighted by Crippen LogP contribution is -2.05. The van der Waals surface area contributed by atoms with E-state index in [0.29, 0.717) is 5.78 Å². The highest BCUT2D eigenvalue weighted by atomic mass is 32.2. The molecule has 0 saturated heterocycles. The molecule has 0 N–H and O–H groups in total. The van der Waals surface area contributed by atoms with E-state index < -0.39 is 10.1 Å². The summed E-state index contributed by atoms with van der Waals surface area (Å²) < 4.78 is 28.7. The van der Waals surface area contributed by atoms with Gasteiger partial charge in [0.05, 0.1) is 11.9 Å². The van der Waals surface area contributed by atoms with Gasteiger partial charge in [-0.15, -0.1) is 0 Å². The number of rotatable bonds is 3. The predicted molar refractivity (Wildman–Crippen MR) is 73.9 cm³/mol. The first-order valence-electron chi connectivity index (χ1n) is 5.81. The van der Waals surface area contributed by atoms with Crippen LogP contribution in [0.4, 0.5) is 0 Å². The average molecular weight is 289 g/mol. The second-order valence-electron chi connectivity index (χ2n) is 4.26. The molecule has 0 amide bonds. The van der Waals surface area contributed by atoms with E-state index in [2.05, 4.69) is 9.97 Å². The van der Waals surface area contributed by atoms with Gasteiger partial charge in [-0.05, 0) is 30.3 Å². The Morgan fingerprint density at radius 1 is 1.20 bits per heavy atom. The van der Waals surface area contributed by atoms with Crippen LogP contribution >= 0.6 is 0 Å². The van der Waals surface area contributed by atoms with Gasteiger partial charge in [-0.1, -0.05) is 0 Å². The van der Waals surface area contributed by atoms with Crippen molar-refractivity contribution >= 4 is 15.9 Å². The van der Waals surface area contributed by atoms with Crippen LogP contribution < -0.4 is 4.18 Å². The third kappa shape index (κ3) is 2.62. The van der Waals surface area contributed by atoms with Crippen molar-refractivity contribution in [3.05, 3.63) is 48.9 Å². The first kappa shape index (κ1) is 12.6. The van der Waals surface area contributed by atoms with Crippen LogP contribution in [0.3, 0.4) is 0 Å². The molecule has 0 atom stereocenters. The molecule has 20 heavy (non-hydrogen) atoms. The molecule has 7 heteroatoms. The minimum absolute atomic E-state index is 0.276. The van der Waals surface area contributed by atoms with Gasteiger partial charge in [0.15, 0.2) is 0 Å². The summed E-state index contributed by atoms with van der Waals surface area (Å²) in [4.78, 5) is 8.52. The van der Waals surface area contributed by atoms with Crippen LogP contribution in [0.15, 0.2) is 48.9 Å². The maximum atomic E-state index is 11.0. The number of benzene rings is 1. The summed E-state index contributed by atoms with van der Waals surface area (Å²) in [6, 6.07) is 8.51. The zero-order chi connectivity index (χ0) is 14.2. The van der Waals surface area contributed by atoms with Gasteiger partial charge < -0.3 is 4.18 Å². The molecule has 3 rings (SSSR count). The number of aromatic nitrogens is 3. The Balaban J connectivity index is 1.94. The second kappa shape index (κ2) is 4.61. The lowest BCUT2D eigenvalue weighted by Gasteiger charge is -2.03. The van der Waals surface area contributed by atoms with E-state index in [-0.39, 0.29) is 5.75 Å². The molecular weight excluding hydrogens is 278 g/mol.